The standard InChI is InChI=1S/C42H39N3O2/c1-41(2,3)30-19-20-35-32(25-30)33-26-34(42(4,5)6)39(44-40(33)45(35)36-16-10-11-17-37(36)46)29-22-28(27-14-8-7-9-15-27)23-31(24-29)47-38-18-12-13-21-43-38/h7-26,46H,1-6H3. The largest absolute Gasteiger partial charge is 0.506 e. The maximum Gasteiger partial charge on any atom is 0.219 e. The molecule has 0 bridgehead atoms. The van der Waals surface area contributed by atoms with Crippen molar-refractivity contribution in [3.05, 3.63) is 133 Å². The first kappa shape index (κ1) is 30.2. The van der Waals surface area contributed by atoms with Crippen LogP contribution in [0, 0.1) is 0 Å². The molecule has 0 saturated carbocycles. The maximum atomic E-state index is 11.1. The molecule has 3 aromatic heterocycles. The van der Waals surface area contributed by atoms with E-state index in [-0.39, 0.29) is 16.6 Å². The van der Waals surface area contributed by atoms with Crippen LogP contribution < -0.4 is 4.74 Å². The SMILES string of the molecule is CC(C)(C)c1ccc2c(c1)c1cc(C(C)(C)C)c(-c3cc(Oc4ccccn4)cc(-c4ccccc4)c3)nc1n2-c1ccccc1O. The van der Waals surface area contributed by atoms with Gasteiger partial charge in [-0.1, -0.05) is 96.1 Å². The molecule has 0 unspecified atom stereocenters. The summed E-state index contributed by atoms with van der Waals surface area (Å²) in [4.78, 5) is 9.94. The zero-order valence-corrected chi connectivity index (χ0v) is 27.7. The second kappa shape index (κ2) is 11.4. The first-order valence-electron chi connectivity index (χ1n) is 16.1. The summed E-state index contributed by atoms with van der Waals surface area (Å²) >= 11 is 0. The van der Waals surface area contributed by atoms with E-state index < -0.39 is 0 Å². The third-order valence-corrected chi connectivity index (χ3v) is 8.69. The Morgan fingerprint density at radius 2 is 1.36 bits per heavy atom. The first-order chi connectivity index (χ1) is 22.5. The number of phenols is 1. The number of phenolic OH excluding ortho intramolecular Hbond substituents is 1. The van der Waals surface area contributed by atoms with Gasteiger partial charge >= 0.3 is 0 Å². The summed E-state index contributed by atoms with van der Waals surface area (Å²) in [6, 6.07) is 38.7. The van der Waals surface area contributed by atoms with Gasteiger partial charge in [-0.25, -0.2) is 9.97 Å². The molecule has 5 heteroatoms. The zero-order valence-electron chi connectivity index (χ0n) is 27.7. The lowest BCUT2D eigenvalue weighted by atomic mass is 9.83. The molecule has 3 heterocycles. The van der Waals surface area contributed by atoms with Gasteiger partial charge in [0.05, 0.1) is 16.9 Å². The molecule has 1 N–H and O–H groups in total. The van der Waals surface area contributed by atoms with E-state index in [1.165, 1.54) is 5.56 Å². The summed E-state index contributed by atoms with van der Waals surface area (Å²) in [5.74, 6) is 1.40. The molecule has 0 aliphatic rings. The van der Waals surface area contributed by atoms with Crippen LogP contribution in [-0.4, -0.2) is 19.6 Å². The Morgan fingerprint density at radius 3 is 2.06 bits per heavy atom. The minimum absolute atomic E-state index is 0.0282. The highest BCUT2D eigenvalue weighted by atomic mass is 16.5. The summed E-state index contributed by atoms with van der Waals surface area (Å²) in [7, 11) is 0. The number of hydrogen-bond donors (Lipinski definition) is 1. The molecule has 0 aliphatic heterocycles. The van der Waals surface area contributed by atoms with Crippen molar-refractivity contribution >= 4 is 21.9 Å². The van der Waals surface area contributed by atoms with Gasteiger partial charge in [0.25, 0.3) is 0 Å². The maximum absolute atomic E-state index is 11.1. The molecular weight excluding hydrogens is 578 g/mol. The second-order valence-corrected chi connectivity index (χ2v) is 14.2. The van der Waals surface area contributed by atoms with Gasteiger partial charge in [0.1, 0.15) is 17.1 Å². The summed E-state index contributed by atoms with van der Waals surface area (Å²) in [5.41, 5.74) is 8.48. The van der Waals surface area contributed by atoms with Crippen LogP contribution in [-0.2, 0) is 10.8 Å². The van der Waals surface area contributed by atoms with Gasteiger partial charge < -0.3 is 9.84 Å². The van der Waals surface area contributed by atoms with E-state index >= 15 is 0 Å². The number of fused-ring (bicyclic) bond motifs is 3. The fraction of sp³-hybridized carbons (Fsp3) is 0.190. The van der Waals surface area contributed by atoms with Crippen LogP contribution in [0.2, 0.25) is 0 Å². The highest BCUT2D eigenvalue weighted by Crippen LogP contribution is 2.43. The lowest BCUT2D eigenvalue weighted by Gasteiger charge is -2.23. The lowest BCUT2D eigenvalue weighted by Crippen LogP contribution is -2.14. The van der Waals surface area contributed by atoms with Gasteiger partial charge in [0.2, 0.25) is 5.88 Å². The molecule has 0 spiro atoms. The predicted molar refractivity (Wildman–Crippen MR) is 193 cm³/mol. The number of benzene rings is 4. The number of aromatic hydroxyl groups is 1. The van der Waals surface area contributed by atoms with Crippen LogP contribution in [0.3, 0.4) is 0 Å². The molecule has 0 fully saturated rings. The normalized spacial score (nSPS) is 12.1. The van der Waals surface area contributed by atoms with Crippen molar-refractivity contribution < 1.29 is 9.84 Å². The van der Waals surface area contributed by atoms with E-state index in [1.54, 1.807) is 12.3 Å². The Bertz CT molecular complexity index is 2240. The minimum atomic E-state index is -0.230. The first-order valence-corrected chi connectivity index (χ1v) is 16.1. The van der Waals surface area contributed by atoms with E-state index in [2.05, 4.69) is 106 Å². The molecule has 0 atom stereocenters. The molecule has 0 aliphatic carbocycles. The van der Waals surface area contributed by atoms with Crippen LogP contribution >= 0.6 is 0 Å². The number of rotatable bonds is 5. The molecule has 7 rings (SSSR count). The molecule has 0 saturated heterocycles. The molecule has 0 radical (unpaired) electrons. The Morgan fingerprint density at radius 1 is 0.638 bits per heavy atom. The Hall–Kier alpha value is -5.42. The Labute approximate surface area is 276 Å². The molecule has 0 amide bonds. The number of pyridine rings is 2. The van der Waals surface area contributed by atoms with Crippen LogP contribution in [0.4, 0.5) is 0 Å². The highest BCUT2D eigenvalue weighted by molar-refractivity contribution is 6.09. The molecule has 234 valence electrons. The second-order valence-electron chi connectivity index (χ2n) is 14.2. The molecule has 4 aromatic carbocycles. The zero-order chi connectivity index (χ0) is 32.9. The van der Waals surface area contributed by atoms with Crippen molar-refractivity contribution in [3.8, 4) is 45.5 Å². The van der Waals surface area contributed by atoms with Crippen LogP contribution in [0.15, 0.2) is 121 Å². The van der Waals surface area contributed by atoms with Gasteiger partial charge in [-0.2, -0.15) is 0 Å². The van der Waals surface area contributed by atoms with E-state index in [0.29, 0.717) is 17.3 Å². The van der Waals surface area contributed by atoms with Crippen LogP contribution in [0.25, 0.3) is 50.0 Å². The summed E-state index contributed by atoms with van der Waals surface area (Å²) in [6.45, 7) is 13.4. The lowest BCUT2D eigenvalue weighted by molar-refractivity contribution is 0.463. The summed E-state index contributed by atoms with van der Waals surface area (Å²) in [6.07, 6.45) is 1.73. The topological polar surface area (TPSA) is 60.2 Å². The molecule has 7 aromatic rings. The number of hydrogen-bond acceptors (Lipinski definition) is 4. The van der Waals surface area contributed by atoms with Crippen LogP contribution in [0.1, 0.15) is 52.7 Å². The van der Waals surface area contributed by atoms with Gasteiger partial charge in [0, 0.05) is 28.6 Å². The number of aromatic nitrogens is 3. The third kappa shape index (κ3) is 5.74. The predicted octanol–water partition coefficient (Wildman–Crippen LogP) is 11.0. The van der Waals surface area contributed by atoms with Crippen molar-refractivity contribution in [3.63, 3.8) is 0 Å². The molecule has 5 nitrogen and oxygen atoms in total. The third-order valence-electron chi connectivity index (χ3n) is 8.69. The smallest absolute Gasteiger partial charge is 0.219 e. The van der Waals surface area contributed by atoms with Crippen LogP contribution in [0.5, 0.6) is 17.4 Å². The van der Waals surface area contributed by atoms with Crippen molar-refractivity contribution in [1.82, 2.24) is 14.5 Å². The Kier molecular flexibility index (Phi) is 7.35. The quantitative estimate of drug-likeness (QED) is 0.209. The van der Waals surface area contributed by atoms with Gasteiger partial charge in [-0.15, -0.1) is 0 Å². The average Bonchev–Trinajstić information content (AvgIpc) is 3.37. The van der Waals surface area contributed by atoms with E-state index in [9.17, 15) is 5.11 Å². The monoisotopic (exact) mass is 617 g/mol. The minimum Gasteiger partial charge on any atom is -0.506 e. The summed E-state index contributed by atoms with van der Waals surface area (Å²) in [5, 5.41) is 13.3. The van der Waals surface area contributed by atoms with Gasteiger partial charge in [0.15, 0.2) is 0 Å². The van der Waals surface area contributed by atoms with Crippen molar-refractivity contribution in [1.29, 1.82) is 0 Å². The number of ether oxygens (including phenoxy) is 1. The van der Waals surface area contributed by atoms with Crippen molar-refractivity contribution in [2.45, 2.75) is 52.4 Å². The van der Waals surface area contributed by atoms with E-state index in [1.807, 2.05) is 54.6 Å². The van der Waals surface area contributed by atoms with Crippen molar-refractivity contribution in [2.24, 2.45) is 0 Å². The van der Waals surface area contributed by atoms with E-state index in [0.717, 1.165) is 49.9 Å². The summed E-state index contributed by atoms with van der Waals surface area (Å²) < 4.78 is 8.43. The molecular formula is C42H39N3O2. The van der Waals surface area contributed by atoms with Gasteiger partial charge in [-0.3, -0.25) is 4.57 Å². The van der Waals surface area contributed by atoms with E-state index in [4.69, 9.17) is 9.72 Å². The highest BCUT2D eigenvalue weighted by Gasteiger charge is 2.26. The fourth-order valence-corrected chi connectivity index (χ4v) is 6.21. The molecule has 47 heavy (non-hydrogen) atoms. The average molecular weight is 618 g/mol. The van der Waals surface area contributed by atoms with Gasteiger partial charge in [-0.05, 0) is 87.7 Å². The fourth-order valence-electron chi connectivity index (χ4n) is 6.21. The number of nitrogens with zero attached hydrogens (tertiary/aromatic N) is 3. The number of para-hydroxylation sites is 2. The van der Waals surface area contributed by atoms with Crippen molar-refractivity contribution in [2.75, 3.05) is 0 Å². The Balaban J connectivity index is 1.56.